The van der Waals surface area contributed by atoms with Crippen LogP contribution in [0.5, 0.6) is 0 Å². The Bertz CT molecular complexity index is 278. The molecule has 0 aromatic rings. The molecular weight excluding hydrogens is 352 g/mol. The van der Waals surface area contributed by atoms with Crippen LogP contribution < -0.4 is 0 Å². The van der Waals surface area contributed by atoms with Crippen LogP contribution in [0.4, 0.5) is 0 Å². The largest absolute Gasteiger partial charge is 0.0695 e. The molecule has 28 heavy (non-hydrogen) atoms. The molecule has 0 fully saturated rings. The van der Waals surface area contributed by atoms with E-state index in [-0.39, 0.29) is 0 Å². The van der Waals surface area contributed by atoms with Crippen molar-refractivity contribution >= 4 is 8.07 Å². The highest BCUT2D eigenvalue weighted by molar-refractivity contribution is 6.76. The van der Waals surface area contributed by atoms with Gasteiger partial charge >= 0.3 is 0 Å². The second-order valence-corrected chi connectivity index (χ2v) is 16.4. The zero-order chi connectivity index (χ0) is 20.8. The first-order valence-corrected chi connectivity index (χ1v) is 17.3. The second-order valence-electron chi connectivity index (χ2n) is 10.7. The van der Waals surface area contributed by atoms with Crippen LogP contribution in [-0.2, 0) is 0 Å². The Labute approximate surface area is 182 Å². The normalized spacial score (nSPS) is 12.0. The molecule has 0 spiro atoms. The van der Waals surface area contributed by atoms with Crippen LogP contribution in [0.3, 0.4) is 0 Å². The molecule has 0 N–H and O–H groups in total. The maximum absolute atomic E-state index is 2.50. The van der Waals surface area contributed by atoms with E-state index >= 15 is 0 Å². The summed E-state index contributed by atoms with van der Waals surface area (Å²) in [5.41, 5.74) is 0. The molecule has 0 amide bonds. The van der Waals surface area contributed by atoms with Gasteiger partial charge in [-0.3, -0.25) is 0 Å². The van der Waals surface area contributed by atoms with Crippen LogP contribution in [0.25, 0.3) is 0 Å². The van der Waals surface area contributed by atoms with Gasteiger partial charge in [-0.05, 0) is 0 Å². The SMILES string of the molecule is CCCCCCCCCCCCCCCCCCCCCCCC[Si](C)(C)C. The molecule has 0 bridgehead atoms. The van der Waals surface area contributed by atoms with Crippen molar-refractivity contribution in [2.45, 2.75) is 174 Å². The molecule has 1 heteroatoms. The first-order chi connectivity index (χ1) is 13.6. The van der Waals surface area contributed by atoms with Crippen LogP contribution in [0.2, 0.25) is 25.7 Å². The fraction of sp³-hybridized carbons (Fsp3) is 1.00. The number of hydrogen-bond donors (Lipinski definition) is 0. The van der Waals surface area contributed by atoms with Crippen LogP contribution in [0, 0.1) is 0 Å². The topological polar surface area (TPSA) is 0 Å². The summed E-state index contributed by atoms with van der Waals surface area (Å²) in [6.07, 6.45) is 32.6. The van der Waals surface area contributed by atoms with Gasteiger partial charge < -0.3 is 0 Å². The summed E-state index contributed by atoms with van der Waals surface area (Å²) in [7, 11) is -0.773. The van der Waals surface area contributed by atoms with Crippen molar-refractivity contribution in [3.8, 4) is 0 Å². The van der Waals surface area contributed by atoms with E-state index in [1.807, 2.05) is 0 Å². The van der Waals surface area contributed by atoms with E-state index in [9.17, 15) is 0 Å². The monoisotopic (exact) mass is 410 g/mol. The highest BCUT2D eigenvalue weighted by atomic mass is 28.3. The van der Waals surface area contributed by atoms with Gasteiger partial charge in [0.1, 0.15) is 0 Å². The Kier molecular flexibility index (Phi) is 22.1. The van der Waals surface area contributed by atoms with E-state index in [2.05, 4.69) is 26.6 Å². The molecule has 0 aromatic heterocycles. The van der Waals surface area contributed by atoms with Crippen molar-refractivity contribution in [3.05, 3.63) is 0 Å². The number of hydrogen-bond acceptors (Lipinski definition) is 0. The van der Waals surface area contributed by atoms with Gasteiger partial charge in [-0.2, -0.15) is 0 Å². The molecule has 0 nitrogen and oxygen atoms in total. The van der Waals surface area contributed by atoms with Gasteiger partial charge in [0, 0.05) is 8.07 Å². The number of unbranched alkanes of at least 4 members (excludes halogenated alkanes) is 21. The Balaban J connectivity index is 3.01. The Morgan fingerprint density at radius 2 is 0.536 bits per heavy atom. The van der Waals surface area contributed by atoms with E-state index in [4.69, 9.17) is 0 Å². The summed E-state index contributed by atoms with van der Waals surface area (Å²) in [5.74, 6) is 0. The fourth-order valence-corrected chi connectivity index (χ4v) is 5.57. The Morgan fingerprint density at radius 3 is 0.750 bits per heavy atom. The smallest absolute Gasteiger partial charge is 0.0442 e. The molecule has 0 heterocycles. The van der Waals surface area contributed by atoms with E-state index in [1.165, 1.54) is 147 Å². The van der Waals surface area contributed by atoms with Crippen molar-refractivity contribution < 1.29 is 0 Å². The zero-order valence-electron chi connectivity index (χ0n) is 20.8. The minimum atomic E-state index is -0.773. The second kappa shape index (κ2) is 21.9. The van der Waals surface area contributed by atoms with Crippen molar-refractivity contribution in [3.63, 3.8) is 0 Å². The number of rotatable bonds is 23. The average Bonchev–Trinajstić information content (AvgIpc) is 2.65. The summed E-state index contributed by atoms with van der Waals surface area (Å²) in [5, 5.41) is 0. The van der Waals surface area contributed by atoms with Gasteiger partial charge in [0.15, 0.2) is 0 Å². The lowest BCUT2D eigenvalue weighted by molar-refractivity contribution is 0.520. The third kappa shape index (κ3) is 26.2. The van der Waals surface area contributed by atoms with E-state index in [1.54, 1.807) is 0 Å². The third-order valence-corrected chi connectivity index (χ3v) is 8.13. The van der Waals surface area contributed by atoms with E-state index < -0.39 is 8.07 Å². The molecule has 0 radical (unpaired) electrons. The molecule has 0 saturated heterocycles. The minimum Gasteiger partial charge on any atom is -0.0695 e. The zero-order valence-corrected chi connectivity index (χ0v) is 21.8. The fourth-order valence-electron chi connectivity index (χ4n) is 4.26. The van der Waals surface area contributed by atoms with Gasteiger partial charge in [-0.25, -0.2) is 0 Å². The van der Waals surface area contributed by atoms with Gasteiger partial charge in [0.2, 0.25) is 0 Å². The standard InChI is InChI=1S/C27H58Si/c1-5-6-7-8-9-10-11-12-13-14-15-16-17-18-19-20-21-22-23-24-25-26-27-28(2,3)4/h5-27H2,1-4H3. The predicted molar refractivity (Wildman–Crippen MR) is 135 cm³/mol. The van der Waals surface area contributed by atoms with E-state index in [0.29, 0.717) is 0 Å². The lowest BCUT2D eigenvalue weighted by Crippen LogP contribution is -2.18. The van der Waals surface area contributed by atoms with Crippen molar-refractivity contribution in [2.24, 2.45) is 0 Å². The van der Waals surface area contributed by atoms with Gasteiger partial charge in [-0.1, -0.05) is 174 Å². The first kappa shape index (κ1) is 28.2. The molecule has 0 rings (SSSR count). The van der Waals surface area contributed by atoms with Crippen LogP contribution in [-0.4, -0.2) is 8.07 Å². The van der Waals surface area contributed by atoms with Gasteiger partial charge in [0.05, 0.1) is 0 Å². The summed E-state index contributed by atoms with van der Waals surface area (Å²) in [4.78, 5) is 0. The molecule has 0 atom stereocenters. The molecule has 0 aromatic carbocycles. The Morgan fingerprint density at radius 1 is 0.321 bits per heavy atom. The molecule has 0 aliphatic rings. The predicted octanol–water partition coefficient (Wildman–Crippen LogP) is 10.9. The molecule has 0 unspecified atom stereocenters. The Hall–Kier alpha value is 0.217. The van der Waals surface area contributed by atoms with E-state index in [0.717, 1.165) is 0 Å². The summed E-state index contributed by atoms with van der Waals surface area (Å²) < 4.78 is 0. The van der Waals surface area contributed by atoms with Crippen LogP contribution >= 0.6 is 0 Å². The molecular formula is C27H58Si. The summed E-state index contributed by atoms with van der Waals surface area (Å²) >= 11 is 0. The molecule has 0 saturated carbocycles. The quantitative estimate of drug-likeness (QED) is 0.116. The summed E-state index contributed by atoms with van der Waals surface area (Å²) in [6, 6.07) is 1.53. The highest BCUT2D eigenvalue weighted by Crippen LogP contribution is 2.17. The molecule has 0 aliphatic heterocycles. The molecule has 0 aliphatic carbocycles. The van der Waals surface area contributed by atoms with Crippen LogP contribution in [0.1, 0.15) is 148 Å². The van der Waals surface area contributed by atoms with Crippen molar-refractivity contribution in [2.75, 3.05) is 0 Å². The average molecular weight is 411 g/mol. The van der Waals surface area contributed by atoms with Crippen molar-refractivity contribution in [1.82, 2.24) is 0 Å². The summed E-state index contributed by atoms with van der Waals surface area (Å²) in [6.45, 7) is 9.82. The lowest BCUT2D eigenvalue weighted by atomic mass is 10.0. The third-order valence-electron chi connectivity index (χ3n) is 6.28. The maximum Gasteiger partial charge on any atom is 0.0442 e. The van der Waals surface area contributed by atoms with Crippen molar-refractivity contribution in [1.29, 1.82) is 0 Å². The minimum absolute atomic E-state index is 0.773. The van der Waals surface area contributed by atoms with Gasteiger partial charge in [-0.15, -0.1) is 0 Å². The highest BCUT2D eigenvalue weighted by Gasteiger charge is 2.11. The maximum atomic E-state index is 2.50. The first-order valence-electron chi connectivity index (χ1n) is 13.6. The van der Waals surface area contributed by atoms with Gasteiger partial charge in [0.25, 0.3) is 0 Å². The molecule has 170 valence electrons. The van der Waals surface area contributed by atoms with Crippen LogP contribution in [0.15, 0.2) is 0 Å². The lowest BCUT2D eigenvalue weighted by Gasteiger charge is -2.14.